The number of ether oxygens (including phenoxy) is 7. The zero-order valence-corrected chi connectivity index (χ0v) is 48.2. The molecule has 10 nitrogen and oxygen atoms in total. The topological polar surface area (TPSA) is 108 Å². The van der Waals surface area contributed by atoms with E-state index in [1.54, 1.807) is 25.3 Å². The number of rotatable bonds is 25. The summed E-state index contributed by atoms with van der Waals surface area (Å²) in [6.07, 6.45) is 3.20. The molecule has 0 radical (unpaired) electrons. The first-order chi connectivity index (χ1) is 31.2. The fourth-order valence-electron chi connectivity index (χ4n) is 7.19. The van der Waals surface area contributed by atoms with Crippen LogP contribution in [0.2, 0.25) is 69.5 Å². The summed E-state index contributed by atoms with van der Waals surface area (Å²) in [4.78, 5) is 28.2. The second-order valence-corrected chi connectivity index (χ2v) is 40.9. The Morgan fingerprint density at radius 2 is 1.42 bits per heavy atom. The van der Waals surface area contributed by atoms with Gasteiger partial charge in [0.15, 0.2) is 0 Å². The first-order valence-corrected chi connectivity index (χ1v) is 36.1. The van der Waals surface area contributed by atoms with E-state index in [0.29, 0.717) is 48.7 Å². The van der Waals surface area contributed by atoms with Crippen molar-refractivity contribution in [3.05, 3.63) is 102 Å². The first-order valence-electron chi connectivity index (χ1n) is 24.0. The molecule has 67 heavy (non-hydrogen) atoms. The van der Waals surface area contributed by atoms with Crippen molar-refractivity contribution in [2.45, 2.75) is 166 Å². The van der Waals surface area contributed by atoms with Crippen molar-refractivity contribution >= 4 is 55.8 Å². The van der Waals surface area contributed by atoms with E-state index in [9.17, 15) is 9.59 Å². The van der Waals surface area contributed by atoms with Gasteiger partial charge in [-0.3, -0.25) is 0 Å². The van der Waals surface area contributed by atoms with Gasteiger partial charge in [0, 0.05) is 0 Å². The molecule has 0 saturated carbocycles. The molecule has 4 rings (SSSR count). The molecule has 372 valence electrons. The number of esters is 2. The fraction of sp³-hybridized carbons (Fsp3) is 0.585. The monoisotopic (exact) mass is 1040 g/mol. The molecule has 0 bridgehead atoms. The van der Waals surface area contributed by atoms with Crippen LogP contribution in [0.15, 0.2) is 84.9 Å². The van der Waals surface area contributed by atoms with E-state index in [1.165, 1.54) is 4.46 Å². The van der Waals surface area contributed by atoms with Gasteiger partial charge in [-0.1, -0.05) is 20.8 Å². The predicted octanol–water partition coefficient (Wildman–Crippen LogP) is 12.1. The van der Waals surface area contributed by atoms with Crippen molar-refractivity contribution in [1.29, 1.82) is 0 Å². The van der Waals surface area contributed by atoms with E-state index in [-0.39, 0.29) is 43.6 Å². The number of hydrogen-bond acceptors (Lipinski definition) is 10. The van der Waals surface area contributed by atoms with Crippen LogP contribution in [0.1, 0.15) is 92.4 Å². The van der Waals surface area contributed by atoms with Crippen LogP contribution in [-0.2, 0) is 28.1 Å². The van der Waals surface area contributed by atoms with Crippen LogP contribution in [0, 0.1) is 5.92 Å². The summed E-state index contributed by atoms with van der Waals surface area (Å²) in [6, 6.07) is 25.0. The number of hydrogen-bond donors (Lipinski definition) is 0. The van der Waals surface area contributed by atoms with Crippen molar-refractivity contribution in [2.75, 3.05) is 27.1 Å². The second kappa shape index (κ2) is 24.7. The molecule has 1 aliphatic heterocycles. The second-order valence-electron chi connectivity index (χ2n) is 22.2. The van der Waals surface area contributed by atoms with Gasteiger partial charge >= 0.3 is 376 Å². The average molecular weight is 1040 g/mol. The number of methoxy groups -OCH3 is 1. The number of benzene rings is 3. The summed E-state index contributed by atoms with van der Waals surface area (Å²) in [5.74, 6) is -0.838. The Hall–Kier alpha value is -3.05. The Morgan fingerprint density at radius 3 is 2.01 bits per heavy atom. The summed E-state index contributed by atoms with van der Waals surface area (Å²) in [5.41, 5.74) is 1.63. The molecule has 3 unspecified atom stereocenters. The van der Waals surface area contributed by atoms with Crippen LogP contribution < -0.4 is 13.9 Å². The molecule has 0 aliphatic carbocycles. The minimum absolute atomic E-state index is 0.0115. The third-order valence-corrected chi connectivity index (χ3v) is 23.1. The van der Waals surface area contributed by atoms with Gasteiger partial charge < -0.3 is 0 Å². The van der Waals surface area contributed by atoms with Gasteiger partial charge in [-0.05, 0) is 18.1 Å². The van der Waals surface area contributed by atoms with Crippen LogP contribution in [0.4, 0.5) is 0 Å². The van der Waals surface area contributed by atoms with Crippen molar-refractivity contribution in [2.24, 2.45) is 5.92 Å². The van der Waals surface area contributed by atoms with Crippen LogP contribution in [0.25, 0.3) is 0 Å². The zero-order chi connectivity index (χ0) is 49.8. The summed E-state index contributed by atoms with van der Waals surface area (Å²) in [7, 11) is -3.43. The molecule has 0 spiro atoms. The molecule has 6 atom stereocenters. The molecule has 14 heteroatoms. The molecule has 1 aliphatic rings. The van der Waals surface area contributed by atoms with Crippen LogP contribution >= 0.6 is 0 Å². The molecule has 3 aromatic carbocycles. The third kappa shape index (κ3) is 18.3. The van der Waals surface area contributed by atoms with E-state index in [1.807, 2.05) is 62.4 Å². The molecular formula is C53H82O10SeSi3. The third-order valence-electron chi connectivity index (χ3n) is 12.4. The van der Waals surface area contributed by atoms with E-state index in [4.69, 9.17) is 37.6 Å². The van der Waals surface area contributed by atoms with Crippen LogP contribution in [0.5, 0.6) is 11.5 Å². The Bertz CT molecular complexity index is 2040. The average Bonchev–Trinajstić information content (AvgIpc) is 3.55. The van der Waals surface area contributed by atoms with Gasteiger partial charge in [0.2, 0.25) is 0 Å². The SMILES string of the molecule is COCOc1cc(OCC[Si](C)(C)C)cc(C(CC[C@@H]2OC(C)(C)OC2C(/C=C\[C@@H](C)[C@H](C)O[Si](C)(C)C(C)(C)C)OC(=O)c2ccccc2)[Se]c2ccccc2)c1C(=O)OCC[Si](C)(C)C. The van der Waals surface area contributed by atoms with Crippen LogP contribution in [-0.4, -0.2) is 109 Å². The standard InChI is InChI=1S/C53H82O10SeSi3/c1-38(39(2)63-67(15,16)52(3,4)5)27-28-44(60-50(54)40-23-19-17-20-24-40)49-45(61-53(6,7)62-49)29-30-47(64-42-25-21-18-22-26-42)43-35-41(57-31-33-65(9,10)11)36-46(59-37-56-8)48(43)51(55)58-32-34-66(12,13)14/h17-28,35-36,38-39,44-45,47,49H,29-34,37H2,1-16H3/b28-27-/t38-,39+,44?,45+,47?,49?/m1/s1. The molecule has 0 amide bonds. The zero-order valence-electron chi connectivity index (χ0n) is 43.5. The summed E-state index contributed by atoms with van der Waals surface area (Å²) in [6.45, 7) is 33.9. The molecule has 0 N–H and O–H groups in total. The predicted molar refractivity (Wildman–Crippen MR) is 280 cm³/mol. The van der Waals surface area contributed by atoms with E-state index < -0.39 is 60.5 Å². The maximum atomic E-state index is 14.5. The van der Waals surface area contributed by atoms with E-state index in [0.717, 1.165) is 17.7 Å². The van der Waals surface area contributed by atoms with E-state index in [2.05, 4.69) is 105 Å². The fourth-order valence-corrected chi connectivity index (χ4v) is 12.7. The number of carbonyl (C=O) groups is 2. The van der Waals surface area contributed by atoms with Crippen molar-refractivity contribution < 1.29 is 47.2 Å². The van der Waals surface area contributed by atoms with Gasteiger partial charge in [-0.25, -0.2) is 0 Å². The maximum absolute atomic E-state index is 14.5. The van der Waals surface area contributed by atoms with Gasteiger partial charge in [0.25, 0.3) is 0 Å². The first kappa shape index (κ1) is 56.5. The summed E-state index contributed by atoms with van der Waals surface area (Å²) >= 11 is -0.177. The normalized spacial score (nSPS) is 18.6. The minimum atomic E-state index is -2.06. The molecule has 0 aromatic heterocycles. The molecule has 1 heterocycles. The summed E-state index contributed by atoms with van der Waals surface area (Å²) in [5, 5.41) is 0.0567. The van der Waals surface area contributed by atoms with Crippen LogP contribution in [0.3, 0.4) is 0 Å². The van der Waals surface area contributed by atoms with Gasteiger partial charge in [0.1, 0.15) is 0 Å². The number of carbonyl (C=O) groups excluding carboxylic acids is 2. The Balaban J connectivity index is 1.80. The van der Waals surface area contributed by atoms with Gasteiger partial charge in [-0.2, -0.15) is 0 Å². The van der Waals surface area contributed by atoms with Crippen molar-refractivity contribution in [3.8, 4) is 11.5 Å². The molecule has 1 fully saturated rings. The summed E-state index contributed by atoms with van der Waals surface area (Å²) < 4.78 is 52.1. The van der Waals surface area contributed by atoms with E-state index >= 15 is 0 Å². The Morgan fingerprint density at radius 1 is 0.806 bits per heavy atom. The Kier molecular flexibility index (Phi) is 20.8. The van der Waals surface area contributed by atoms with Gasteiger partial charge in [0.05, 0.1) is 0 Å². The van der Waals surface area contributed by atoms with Crippen molar-refractivity contribution in [1.82, 2.24) is 0 Å². The molecule has 3 aromatic rings. The molecule has 1 saturated heterocycles. The van der Waals surface area contributed by atoms with Gasteiger partial charge in [-0.15, -0.1) is 0 Å². The molecular weight excluding hydrogens is 960 g/mol. The van der Waals surface area contributed by atoms with Crippen molar-refractivity contribution in [3.63, 3.8) is 0 Å². The quantitative estimate of drug-likeness (QED) is 0.0352. The Labute approximate surface area is 412 Å².